The van der Waals surface area contributed by atoms with Crippen molar-refractivity contribution in [2.45, 2.75) is 6.92 Å². The number of amides is 2. The number of ether oxygens (including phenoxy) is 1. The highest BCUT2D eigenvalue weighted by atomic mass is 35.5. The number of likely N-dealkylation sites (N-methyl/N-ethyl adjacent to an activating group) is 1. The second-order valence-corrected chi connectivity index (χ2v) is 6.88. The summed E-state index contributed by atoms with van der Waals surface area (Å²) < 4.78 is 10.7. The van der Waals surface area contributed by atoms with Crippen LogP contribution in [-0.4, -0.2) is 36.9 Å². The Morgan fingerprint density at radius 1 is 1.17 bits per heavy atom. The molecule has 2 amide bonds. The van der Waals surface area contributed by atoms with Crippen LogP contribution < -0.4 is 15.7 Å². The number of para-hydroxylation sites is 1. The number of rotatable bonds is 6. The molecular formula is C21H19ClN2O5. The van der Waals surface area contributed by atoms with Gasteiger partial charge in [0.05, 0.1) is 17.3 Å². The van der Waals surface area contributed by atoms with E-state index in [1.807, 2.05) is 6.92 Å². The van der Waals surface area contributed by atoms with E-state index >= 15 is 0 Å². The quantitative estimate of drug-likeness (QED) is 0.625. The molecule has 0 unspecified atom stereocenters. The SMILES string of the molecule is Cc1cc(=O)oc2cc(OCC(=O)N(C)CC(=O)Nc3ccccc3Cl)ccc12. The Kier molecular flexibility index (Phi) is 6.19. The summed E-state index contributed by atoms with van der Waals surface area (Å²) in [6.45, 7) is 1.39. The Morgan fingerprint density at radius 3 is 2.69 bits per heavy atom. The van der Waals surface area contributed by atoms with E-state index in [0.717, 1.165) is 10.9 Å². The average Bonchev–Trinajstić information content (AvgIpc) is 2.67. The van der Waals surface area contributed by atoms with Crippen molar-refractivity contribution < 1.29 is 18.7 Å². The zero-order valence-corrected chi connectivity index (χ0v) is 16.7. The summed E-state index contributed by atoms with van der Waals surface area (Å²) in [5.74, 6) is -0.379. The molecule has 0 bridgehead atoms. The lowest BCUT2D eigenvalue weighted by molar-refractivity contribution is -0.135. The van der Waals surface area contributed by atoms with Gasteiger partial charge in [0.1, 0.15) is 11.3 Å². The molecule has 0 spiro atoms. The summed E-state index contributed by atoms with van der Waals surface area (Å²) in [6.07, 6.45) is 0. The number of nitrogens with zero attached hydrogens (tertiary/aromatic N) is 1. The number of nitrogens with one attached hydrogen (secondary N) is 1. The molecule has 0 aliphatic heterocycles. The van der Waals surface area contributed by atoms with E-state index in [1.165, 1.54) is 18.0 Å². The third-order valence-electron chi connectivity index (χ3n) is 4.24. The van der Waals surface area contributed by atoms with E-state index in [0.29, 0.717) is 22.0 Å². The summed E-state index contributed by atoms with van der Waals surface area (Å²) in [5.41, 5.74) is 1.20. The number of benzene rings is 2. The minimum atomic E-state index is -0.451. The molecular weight excluding hydrogens is 396 g/mol. The van der Waals surface area contributed by atoms with Gasteiger partial charge >= 0.3 is 5.63 Å². The maximum atomic E-state index is 12.3. The third kappa shape index (κ3) is 5.14. The first-order valence-electron chi connectivity index (χ1n) is 8.79. The van der Waals surface area contributed by atoms with Crippen LogP contribution in [-0.2, 0) is 9.59 Å². The number of carbonyl (C=O) groups excluding carboxylic acids is 2. The Hall–Kier alpha value is -3.32. The molecule has 1 N–H and O–H groups in total. The second kappa shape index (κ2) is 8.79. The van der Waals surface area contributed by atoms with Crippen LogP contribution in [0.15, 0.2) is 57.7 Å². The van der Waals surface area contributed by atoms with Crippen molar-refractivity contribution in [2.75, 3.05) is 25.5 Å². The van der Waals surface area contributed by atoms with Gasteiger partial charge in [0.2, 0.25) is 5.91 Å². The Labute approximate surface area is 171 Å². The summed E-state index contributed by atoms with van der Waals surface area (Å²) >= 11 is 6.00. The molecule has 0 aliphatic carbocycles. The van der Waals surface area contributed by atoms with Gasteiger partial charge in [-0.25, -0.2) is 4.79 Å². The average molecular weight is 415 g/mol. The number of aryl methyl sites for hydroxylation is 1. The highest BCUT2D eigenvalue weighted by Crippen LogP contribution is 2.22. The van der Waals surface area contributed by atoms with Crippen LogP contribution in [0.5, 0.6) is 5.75 Å². The highest BCUT2D eigenvalue weighted by molar-refractivity contribution is 6.33. The summed E-state index contributed by atoms with van der Waals surface area (Å²) in [6, 6.07) is 13.2. The van der Waals surface area contributed by atoms with Crippen molar-refractivity contribution in [3.8, 4) is 5.75 Å². The molecule has 0 saturated heterocycles. The van der Waals surface area contributed by atoms with Gasteiger partial charge in [0.15, 0.2) is 6.61 Å². The van der Waals surface area contributed by atoms with Gasteiger partial charge in [-0.2, -0.15) is 0 Å². The van der Waals surface area contributed by atoms with Gasteiger partial charge < -0.3 is 19.4 Å². The van der Waals surface area contributed by atoms with E-state index in [4.69, 9.17) is 20.8 Å². The van der Waals surface area contributed by atoms with Gasteiger partial charge in [0, 0.05) is 24.6 Å². The van der Waals surface area contributed by atoms with E-state index in [-0.39, 0.29) is 25.0 Å². The number of hydrogen-bond acceptors (Lipinski definition) is 5. The zero-order chi connectivity index (χ0) is 21.0. The monoisotopic (exact) mass is 414 g/mol. The van der Waals surface area contributed by atoms with Crippen molar-refractivity contribution >= 4 is 40.1 Å². The minimum absolute atomic E-state index is 0.154. The number of hydrogen-bond donors (Lipinski definition) is 1. The van der Waals surface area contributed by atoms with Crippen molar-refractivity contribution in [3.63, 3.8) is 0 Å². The van der Waals surface area contributed by atoms with E-state index in [9.17, 15) is 14.4 Å². The molecule has 0 aliphatic rings. The molecule has 0 saturated carbocycles. The normalized spacial score (nSPS) is 10.6. The maximum Gasteiger partial charge on any atom is 0.336 e. The van der Waals surface area contributed by atoms with Crippen LogP contribution in [0, 0.1) is 6.92 Å². The number of anilines is 1. The molecule has 3 rings (SSSR count). The fourth-order valence-corrected chi connectivity index (χ4v) is 2.89. The van der Waals surface area contributed by atoms with Crippen LogP contribution in [0.1, 0.15) is 5.56 Å². The number of carbonyl (C=O) groups is 2. The molecule has 1 aromatic heterocycles. The van der Waals surface area contributed by atoms with Crippen molar-refractivity contribution in [3.05, 3.63) is 69.5 Å². The molecule has 0 atom stereocenters. The summed E-state index contributed by atoms with van der Waals surface area (Å²) in [7, 11) is 1.50. The topological polar surface area (TPSA) is 88.8 Å². The van der Waals surface area contributed by atoms with Crippen molar-refractivity contribution in [2.24, 2.45) is 0 Å². The molecule has 0 radical (unpaired) electrons. The van der Waals surface area contributed by atoms with Crippen LogP contribution >= 0.6 is 11.6 Å². The highest BCUT2D eigenvalue weighted by Gasteiger charge is 2.15. The van der Waals surface area contributed by atoms with Gasteiger partial charge in [-0.3, -0.25) is 9.59 Å². The van der Waals surface area contributed by atoms with Crippen molar-refractivity contribution in [1.82, 2.24) is 4.90 Å². The van der Waals surface area contributed by atoms with Crippen LogP contribution in [0.25, 0.3) is 11.0 Å². The second-order valence-electron chi connectivity index (χ2n) is 6.47. The molecule has 2 aromatic carbocycles. The Morgan fingerprint density at radius 2 is 1.93 bits per heavy atom. The molecule has 29 heavy (non-hydrogen) atoms. The predicted molar refractivity (Wildman–Crippen MR) is 110 cm³/mol. The fraction of sp³-hybridized carbons (Fsp3) is 0.190. The molecule has 8 heteroatoms. The lowest BCUT2D eigenvalue weighted by Crippen LogP contribution is -2.37. The first kappa shape index (κ1) is 20.4. The van der Waals surface area contributed by atoms with Gasteiger partial charge in [-0.15, -0.1) is 0 Å². The third-order valence-corrected chi connectivity index (χ3v) is 4.57. The minimum Gasteiger partial charge on any atom is -0.484 e. The fourth-order valence-electron chi connectivity index (χ4n) is 2.71. The van der Waals surface area contributed by atoms with Gasteiger partial charge in [0.25, 0.3) is 5.91 Å². The van der Waals surface area contributed by atoms with Gasteiger partial charge in [-0.05, 0) is 36.8 Å². The maximum absolute atomic E-state index is 12.3. The van der Waals surface area contributed by atoms with E-state index in [1.54, 1.807) is 42.5 Å². The largest absolute Gasteiger partial charge is 0.484 e. The van der Waals surface area contributed by atoms with E-state index in [2.05, 4.69) is 5.32 Å². The Balaban J connectivity index is 1.57. The smallest absolute Gasteiger partial charge is 0.336 e. The van der Waals surface area contributed by atoms with Crippen molar-refractivity contribution in [1.29, 1.82) is 0 Å². The van der Waals surface area contributed by atoms with Crippen LogP contribution in [0.3, 0.4) is 0 Å². The summed E-state index contributed by atoms with van der Waals surface area (Å²) in [4.78, 5) is 37.1. The molecule has 3 aromatic rings. The van der Waals surface area contributed by atoms with Gasteiger partial charge in [-0.1, -0.05) is 23.7 Å². The molecule has 150 valence electrons. The molecule has 0 fully saturated rings. The standard InChI is InChI=1S/C21H19ClN2O5/c1-13-9-21(27)29-18-10-14(7-8-15(13)18)28-12-20(26)24(2)11-19(25)23-17-6-4-3-5-16(17)22/h3-10H,11-12H2,1-2H3,(H,23,25). The zero-order valence-electron chi connectivity index (χ0n) is 15.9. The van der Waals surface area contributed by atoms with Crippen LogP contribution in [0.4, 0.5) is 5.69 Å². The first-order chi connectivity index (χ1) is 13.8. The lowest BCUT2D eigenvalue weighted by Gasteiger charge is -2.17. The Bertz CT molecular complexity index is 1130. The summed E-state index contributed by atoms with van der Waals surface area (Å²) in [5, 5.41) is 3.85. The molecule has 7 nitrogen and oxygen atoms in total. The lowest BCUT2D eigenvalue weighted by atomic mass is 10.1. The number of fused-ring (bicyclic) bond motifs is 1. The first-order valence-corrected chi connectivity index (χ1v) is 9.17. The van der Waals surface area contributed by atoms with Crippen LogP contribution in [0.2, 0.25) is 5.02 Å². The molecule has 1 heterocycles. The predicted octanol–water partition coefficient (Wildman–Crippen LogP) is 3.23. The number of halogens is 1. The van der Waals surface area contributed by atoms with E-state index < -0.39 is 5.63 Å².